The molecule has 1 fully saturated rings. The van der Waals surface area contributed by atoms with Crippen LogP contribution in [-0.4, -0.2) is 32.9 Å². The zero-order chi connectivity index (χ0) is 20.5. The van der Waals surface area contributed by atoms with E-state index in [0.29, 0.717) is 6.42 Å². The van der Waals surface area contributed by atoms with E-state index in [1.807, 2.05) is 13.8 Å². The minimum atomic E-state index is -1.43. The van der Waals surface area contributed by atoms with E-state index in [-0.39, 0.29) is 17.0 Å². The van der Waals surface area contributed by atoms with Crippen molar-refractivity contribution in [3.8, 4) is 0 Å². The van der Waals surface area contributed by atoms with Gasteiger partial charge in [0.15, 0.2) is 5.78 Å². The first kappa shape index (κ1) is 20.8. The molecular weight excluding hydrogens is 348 g/mol. The third-order valence-electron chi connectivity index (χ3n) is 5.64. The molecule has 1 saturated carbocycles. The Morgan fingerprint density at radius 1 is 1.19 bits per heavy atom. The molecule has 1 amide bonds. The maximum absolute atomic E-state index is 12.8. The first-order valence-electron chi connectivity index (χ1n) is 8.91. The van der Waals surface area contributed by atoms with Crippen molar-refractivity contribution < 1.29 is 19.6 Å². The summed E-state index contributed by atoms with van der Waals surface area (Å²) in [5.74, 6) is -0.617. The molecule has 2 rings (SSSR count). The highest BCUT2D eigenvalue weighted by molar-refractivity contribution is 5.95. The number of nitrogens with one attached hydrogen (secondary N) is 1. The van der Waals surface area contributed by atoms with Gasteiger partial charge in [-0.3, -0.25) is 19.7 Å². The van der Waals surface area contributed by atoms with E-state index in [4.69, 9.17) is 0 Å². The van der Waals surface area contributed by atoms with Crippen LogP contribution >= 0.6 is 0 Å². The number of benzene rings is 1. The lowest BCUT2D eigenvalue weighted by molar-refractivity contribution is -0.384. The Morgan fingerprint density at radius 2 is 1.78 bits per heavy atom. The molecule has 146 valence electrons. The second kappa shape index (κ2) is 7.23. The highest BCUT2D eigenvalue weighted by atomic mass is 16.6. The molecule has 27 heavy (non-hydrogen) atoms. The molecule has 1 aromatic carbocycles. The summed E-state index contributed by atoms with van der Waals surface area (Å²) in [6.45, 7) is 6.99. The number of carbonyl (C=O) groups excluding carboxylic acids is 2. The van der Waals surface area contributed by atoms with Crippen molar-refractivity contribution in [1.29, 1.82) is 0 Å². The Morgan fingerprint density at radius 3 is 2.30 bits per heavy atom. The minimum Gasteiger partial charge on any atom is -0.383 e. The van der Waals surface area contributed by atoms with Crippen molar-refractivity contribution in [2.24, 2.45) is 5.41 Å². The lowest BCUT2D eigenvalue weighted by Gasteiger charge is -2.56. The molecule has 0 heterocycles. The van der Waals surface area contributed by atoms with E-state index in [2.05, 4.69) is 5.32 Å². The van der Waals surface area contributed by atoms with E-state index in [1.54, 1.807) is 6.92 Å². The molecule has 1 aliphatic rings. The van der Waals surface area contributed by atoms with E-state index < -0.39 is 27.4 Å². The van der Waals surface area contributed by atoms with Gasteiger partial charge < -0.3 is 10.4 Å². The van der Waals surface area contributed by atoms with Crippen molar-refractivity contribution >= 4 is 17.4 Å². The highest BCUT2D eigenvalue weighted by Gasteiger charge is 2.57. The summed E-state index contributed by atoms with van der Waals surface area (Å²) >= 11 is 0. The van der Waals surface area contributed by atoms with Gasteiger partial charge in [0.1, 0.15) is 5.60 Å². The molecule has 0 saturated heterocycles. The molecule has 1 aliphatic carbocycles. The number of amides is 1. The summed E-state index contributed by atoms with van der Waals surface area (Å²) in [6.07, 6.45) is 4.91. The van der Waals surface area contributed by atoms with Gasteiger partial charge in [0.05, 0.1) is 10.5 Å². The summed E-state index contributed by atoms with van der Waals surface area (Å²) in [5.41, 5.74) is -2.82. The average molecular weight is 374 g/mol. The Bertz CT molecular complexity index is 784. The lowest BCUT2D eigenvalue weighted by atomic mass is 9.56. The summed E-state index contributed by atoms with van der Waals surface area (Å²) < 4.78 is 0. The summed E-state index contributed by atoms with van der Waals surface area (Å²) in [6, 6.07) is 5.30. The maximum Gasteiger partial charge on any atom is 0.269 e. The Kier molecular flexibility index (Phi) is 5.56. The molecule has 0 aliphatic heterocycles. The topological polar surface area (TPSA) is 110 Å². The highest BCUT2D eigenvalue weighted by Crippen LogP contribution is 2.50. The summed E-state index contributed by atoms with van der Waals surface area (Å²) in [4.78, 5) is 34.4. The van der Waals surface area contributed by atoms with Crippen LogP contribution in [0.25, 0.3) is 0 Å². The molecule has 0 spiro atoms. The second-order valence-electron chi connectivity index (χ2n) is 8.04. The number of rotatable bonds is 5. The fourth-order valence-corrected chi connectivity index (χ4v) is 3.87. The molecule has 7 heteroatoms. The van der Waals surface area contributed by atoms with E-state index in [1.165, 1.54) is 43.3 Å². The fraction of sp³-hybridized carbons (Fsp3) is 0.500. The van der Waals surface area contributed by atoms with Crippen LogP contribution in [0.5, 0.6) is 0 Å². The van der Waals surface area contributed by atoms with Crippen LogP contribution in [0, 0.1) is 15.5 Å². The zero-order valence-electron chi connectivity index (χ0n) is 16.1. The van der Waals surface area contributed by atoms with Crippen LogP contribution in [0.2, 0.25) is 0 Å². The van der Waals surface area contributed by atoms with Gasteiger partial charge in [-0.15, -0.1) is 0 Å². The first-order valence-corrected chi connectivity index (χ1v) is 8.91. The van der Waals surface area contributed by atoms with Crippen molar-refractivity contribution in [3.05, 3.63) is 52.1 Å². The molecular formula is C20H26N2O5. The van der Waals surface area contributed by atoms with Crippen molar-refractivity contribution in [1.82, 2.24) is 5.32 Å². The molecule has 7 nitrogen and oxygen atoms in total. The van der Waals surface area contributed by atoms with E-state index in [0.717, 1.165) is 12.8 Å². The SMILES string of the molecule is CC(=O)/C=C/[C@@]1(O)C(C)(C)CCC[C@@]1(C)NC(=O)c1ccc([N+](=O)[O-])cc1. The van der Waals surface area contributed by atoms with Crippen LogP contribution in [-0.2, 0) is 4.79 Å². The number of nitrogens with zero attached hydrogens (tertiary/aromatic N) is 1. The second-order valence-corrected chi connectivity index (χ2v) is 8.04. The Balaban J connectivity index is 2.36. The first-order chi connectivity index (χ1) is 12.4. The predicted molar refractivity (Wildman–Crippen MR) is 101 cm³/mol. The van der Waals surface area contributed by atoms with Gasteiger partial charge in [-0.1, -0.05) is 20.3 Å². The normalized spacial score (nSPS) is 27.3. The Hall–Kier alpha value is -2.54. The van der Waals surface area contributed by atoms with Crippen LogP contribution in [0.3, 0.4) is 0 Å². The molecule has 0 radical (unpaired) electrons. The molecule has 0 unspecified atom stereocenters. The van der Waals surface area contributed by atoms with Crippen LogP contribution in [0.15, 0.2) is 36.4 Å². The molecule has 2 atom stereocenters. The summed E-state index contributed by atoms with van der Waals surface area (Å²) in [7, 11) is 0. The minimum absolute atomic E-state index is 0.0996. The number of ketones is 1. The van der Waals surface area contributed by atoms with Gasteiger partial charge in [-0.2, -0.15) is 0 Å². The van der Waals surface area contributed by atoms with Crippen LogP contribution < -0.4 is 5.32 Å². The van der Waals surface area contributed by atoms with Crippen molar-refractivity contribution in [2.75, 3.05) is 0 Å². The van der Waals surface area contributed by atoms with Gasteiger partial charge in [-0.25, -0.2) is 0 Å². The monoisotopic (exact) mass is 374 g/mol. The quantitative estimate of drug-likeness (QED) is 0.467. The number of carbonyl (C=O) groups is 2. The maximum atomic E-state index is 12.8. The van der Waals surface area contributed by atoms with Gasteiger partial charge in [0.2, 0.25) is 0 Å². The molecule has 2 N–H and O–H groups in total. The predicted octanol–water partition coefficient (Wildman–Crippen LogP) is 3.17. The number of non-ortho nitro benzene ring substituents is 1. The number of aliphatic hydroxyl groups is 1. The number of hydrogen-bond donors (Lipinski definition) is 2. The molecule has 0 bridgehead atoms. The van der Waals surface area contributed by atoms with Crippen molar-refractivity contribution in [3.63, 3.8) is 0 Å². The fourth-order valence-electron chi connectivity index (χ4n) is 3.87. The van der Waals surface area contributed by atoms with Crippen LogP contribution in [0.1, 0.15) is 57.3 Å². The third-order valence-corrected chi connectivity index (χ3v) is 5.64. The number of nitro benzene ring substituents is 1. The molecule has 0 aromatic heterocycles. The zero-order valence-corrected chi connectivity index (χ0v) is 16.1. The van der Waals surface area contributed by atoms with E-state index in [9.17, 15) is 24.8 Å². The lowest BCUT2D eigenvalue weighted by Crippen LogP contribution is -2.69. The largest absolute Gasteiger partial charge is 0.383 e. The number of allylic oxidation sites excluding steroid dienone is 1. The van der Waals surface area contributed by atoms with E-state index >= 15 is 0 Å². The van der Waals surface area contributed by atoms with Gasteiger partial charge in [0.25, 0.3) is 11.6 Å². The van der Waals surface area contributed by atoms with Gasteiger partial charge in [-0.05, 0) is 56.4 Å². The Labute approximate surface area is 158 Å². The smallest absolute Gasteiger partial charge is 0.269 e. The molecule has 1 aromatic rings. The van der Waals surface area contributed by atoms with Crippen molar-refractivity contribution in [2.45, 2.75) is 58.1 Å². The third kappa shape index (κ3) is 3.93. The standard InChI is InChI=1S/C20H26N2O5/c1-14(23)10-13-20(25)18(2,3)11-5-12-19(20,4)21-17(24)15-6-8-16(9-7-15)22(26)27/h6-10,13,25H,5,11-12H2,1-4H3,(H,21,24)/b13-10+/t19-,20-/m1/s1. The summed E-state index contributed by atoms with van der Waals surface area (Å²) in [5, 5.41) is 25.2. The van der Waals surface area contributed by atoms with Gasteiger partial charge in [0, 0.05) is 17.7 Å². The van der Waals surface area contributed by atoms with Crippen LogP contribution in [0.4, 0.5) is 5.69 Å². The average Bonchev–Trinajstić information content (AvgIpc) is 2.58. The number of nitro groups is 1. The van der Waals surface area contributed by atoms with Gasteiger partial charge >= 0.3 is 0 Å². The number of hydrogen-bond acceptors (Lipinski definition) is 5.